The Labute approximate surface area is 155 Å². The van der Waals surface area contributed by atoms with Crippen LogP contribution in [0.2, 0.25) is 0 Å². The van der Waals surface area contributed by atoms with Gasteiger partial charge < -0.3 is 20.3 Å². The lowest BCUT2D eigenvalue weighted by Crippen LogP contribution is -2.17. The molecule has 1 heterocycles. The maximum absolute atomic E-state index is 12.3. The number of phenolic OH excluding ortho intramolecular Hbond substituents is 1. The zero-order valence-corrected chi connectivity index (χ0v) is 13.8. The van der Waals surface area contributed by atoms with Crippen LogP contribution in [-0.2, 0) is 0 Å². The van der Waals surface area contributed by atoms with Crippen LogP contribution in [0, 0.1) is 0 Å². The smallest absolute Gasteiger partial charge is 0.506 e. The SMILES string of the molecule is O=C(Nc1ccc(OC(F)(F)F)cc1)c1ccc2c(C(=O)O)ccc(O)c2n1. The summed E-state index contributed by atoms with van der Waals surface area (Å²) in [4.78, 5) is 27.5. The van der Waals surface area contributed by atoms with Gasteiger partial charge in [0.1, 0.15) is 22.7 Å². The van der Waals surface area contributed by atoms with E-state index in [4.69, 9.17) is 0 Å². The van der Waals surface area contributed by atoms with Gasteiger partial charge in [0.05, 0.1) is 5.56 Å². The fourth-order valence-corrected chi connectivity index (χ4v) is 2.45. The molecule has 0 spiro atoms. The lowest BCUT2D eigenvalue weighted by molar-refractivity contribution is -0.274. The minimum absolute atomic E-state index is 0.0681. The summed E-state index contributed by atoms with van der Waals surface area (Å²) in [6, 6.07) is 9.45. The molecule has 144 valence electrons. The standard InChI is InChI=1S/C18H11F3N2O5/c19-18(20,21)28-10-3-1-9(2-4-10)22-16(25)13-7-5-11-12(17(26)27)6-8-14(24)15(11)23-13/h1-8,24H,(H,22,25)(H,26,27). The number of carbonyl (C=O) groups excluding carboxylic acids is 1. The molecule has 0 atom stereocenters. The number of aromatic nitrogens is 1. The van der Waals surface area contributed by atoms with E-state index in [0.717, 1.165) is 18.2 Å². The van der Waals surface area contributed by atoms with Crippen molar-refractivity contribution in [1.82, 2.24) is 4.98 Å². The number of pyridine rings is 1. The fourth-order valence-electron chi connectivity index (χ4n) is 2.45. The number of aromatic carboxylic acids is 1. The molecule has 2 aromatic carbocycles. The first-order chi connectivity index (χ1) is 13.1. The summed E-state index contributed by atoms with van der Waals surface area (Å²) in [5.74, 6) is -2.67. The highest BCUT2D eigenvalue weighted by Crippen LogP contribution is 2.27. The van der Waals surface area contributed by atoms with Crippen LogP contribution in [0.5, 0.6) is 11.5 Å². The number of ether oxygens (including phenoxy) is 1. The first-order valence-corrected chi connectivity index (χ1v) is 7.67. The van der Waals surface area contributed by atoms with Gasteiger partial charge in [0, 0.05) is 11.1 Å². The average molecular weight is 392 g/mol. The lowest BCUT2D eigenvalue weighted by Gasteiger charge is -2.10. The Hall–Kier alpha value is -3.82. The number of hydrogen-bond donors (Lipinski definition) is 3. The number of fused-ring (bicyclic) bond motifs is 1. The van der Waals surface area contributed by atoms with Gasteiger partial charge in [0.2, 0.25) is 0 Å². The zero-order chi connectivity index (χ0) is 20.5. The van der Waals surface area contributed by atoms with Crippen LogP contribution in [0.15, 0.2) is 48.5 Å². The van der Waals surface area contributed by atoms with Crippen molar-refractivity contribution >= 4 is 28.5 Å². The molecule has 3 N–H and O–H groups in total. The number of benzene rings is 2. The first-order valence-electron chi connectivity index (χ1n) is 7.67. The topological polar surface area (TPSA) is 109 Å². The zero-order valence-electron chi connectivity index (χ0n) is 13.8. The maximum Gasteiger partial charge on any atom is 0.573 e. The monoisotopic (exact) mass is 392 g/mol. The van der Waals surface area contributed by atoms with Gasteiger partial charge in [-0.2, -0.15) is 0 Å². The Balaban J connectivity index is 1.84. The highest BCUT2D eigenvalue weighted by atomic mass is 19.4. The number of amides is 1. The number of nitrogens with one attached hydrogen (secondary N) is 1. The number of nitrogens with zero attached hydrogens (tertiary/aromatic N) is 1. The van der Waals surface area contributed by atoms with E-state index >= 15 is 0 Å². The number of alkyl halides is 3. The molecule has 0 bridgehead atoms. The molecule has 0 aliphatic rings. The van der Waals surface area contributed by atoms with E-state index in [9.17, 15) is 33.0 Å². The summed E-state index contributed by atoms with van der Waals surface area (Å²) in [5.41, 5.74) is -0.0973. The Morgan fingerprint density at radius 3 is 2.29 bits per heavy atom. The molecule has 0 aliphatic carbocycles. The lowest BCUT2D eigenvalue weighted by atomic mass is 10.1. The normalized spacial score (nSPS) is 11.2. The van der Waals surface area contributed by atoms with Crippen LogP contribution in [-0.4, -0.2) is 33.4 Å². The van der Waals surface area contributed by atoms with Gasteiger partial charge >= 0.3 is 12.3 Å². The number of aromatic hydroxyl groups is 1. The molecule has 0 aliphatic heterocycles. The molecule has 1 amide bonds. The van der Waals surface area contributed by atoms with Gasteiger partial charge in [-0.15, -0.1) is 13.2 Å². The van der Waals surface area contributed by atoms with Crippen molar-refractivity contribution in [2.24, 2.45) is 0 Å². The summed E-state index contributed by atoms with van der Waals surface area (Å²) < 4.78 is 40.2. The summed E-state index contributed by atoms with van der Waals surface area (Å²) in [7, 11) is 0. The number of carboxylic acids is 1. The summed E-state index contributed by atoms with van der Waals surface area (Å²) in [6.45, 7) is 0. The van der Waals surface area contributed by atoms with Gasteiger partial charge in [0.25, 0.3) is 5.91 Å². The third kappa shape index (κ3) is 4.11. The number of phenols is 1. The van der Waals surface area contributed by atoms with E-state index in [0.29, 0.717) is 0 Å². The molecular weight excluding hydrogens is 381 g/mol. The molecule has 3 aromatic rings. The average Bonchev–Trinajstić information content (AvgIpc) is 2.62. The van der Waals surface area contributed by atoms with Crippen molar-refractivity contribution < 1.29 is 37.7 Å². The number of anilines is 1. The second kappa shape index (κ2) is 7.06. The van der Waals surface area contributed by atoms with Gasteiger partial charge in [-0.25, -0.2) is 9.78 Å². The number of carbonyl (C=O) groups is 2. The Morgan fingerprint density at radius 1 is 1.00 bits per heavy atom. The summed E-state index contributed by atoms with van der Waals surface area (Å²) in [5, 5.41) is 21.7. The van der Waals surface area contributed by atoms with Crippen molar-refractivity contribution in [3.8, 4) is 11.5 Å². The predicted molar refractivity (Wildman–Crippen MR) is 91.4 cm³/mol. The van der Waals surface area contributed by atoms with E-state index in [1.165, 1.54) is 30.3 Å². The minimum atomic E-state index is -4.82. The molecule has 10 heteroatoms. The highest BCUT2D eigenvalue weighted by Gasteiger charge is 2.31. The van der Waals surface area contributed by atoms with Crippen molar-refractivity contribution in [3.63, 3.8) is 0 Å². The molecular formula is C18H11F3N2O5. The first kappa shape index (κ1) is 19.0. The summed E-state index contributed by atoms with van der Waals surface area (Å²) >= 11 is 0. The van der Waals surface area contributed by atoms with Gasteiger partial charge in [-0.05, 0) is 48.5 Å². The molecule has 3 rings (SSSR count). The molecule has 0 unspecified atom stereocenters. The second-order valence-corrected chi connectivity index (χ2v) is 5.56. The van der Waals surface area contributed by atoms with Crippen molar-refractivity contribution in [1.29, 1.82) is 0 Å². The van der Waals surface area contributed by atoms with Crippen LogP contribution in [0.4, 0.5) is 18.9 Å². The number of rotatable bonds is 4. The Morgan fingerprint density at radius 2 is 1.68 bits per heavy atom. The van der Waals surface area contributed by atoms with E-state index in [1.54, 1.807) is 0 Å². The van der Waals surface area contributed by atoms with Crippen molar-refractivity contribution in [2.45, 2.75) is 6.36 Å². The van der Waals surface area contributed by atoms with Gasteiger partial charge in [-0.1, -0.05) is 0 Å². The van der Waals surface area contributed by atoms with Gasteiger partial charge in [0.15, 0.2) is 0 Å². The third-order valence-corrected chi connectivity index (χ3v) is 3.64. The Bertz CT molecular complexity index is 1070. The molecule has 0 saturated carbocycles. The van der Waals surface area contributed by atoms with E-state index in [1.807, 2.05) is 0 Å². The largest absolute Gasteiger partial charge is 0.573 e. The van der Waals surface area contributed by atoms with Crippen molar-refractivity contribution in [2.75, 3.05) is 5.32 Å². The fraction of sp³-hybridized carbons (Fsp3) is 0.0556. The molecule has 7 nitrogen and oxygen atoms in total. The third-order valence-electron chi connectivity index (χ3n) is 3.64. The van der Waals surface area contributed by atoms with Crippen LogP contribution in [0.1, 0.15) is 20.8 Å². The molecule has 0 radical (unpaired) electrons. The minimum Gasteiger partial charge on any atom is -0.506 e. The molecule has 1 aromatic heterocycles. The number of carboxylic acid groups (broad SMARTS) is 1. The van der Waals surface area contributed by atoms with E-state index < -0.39 is 24.0 Å². The quantitative estimate of drug-likeness (QED) is 0.623. The van der Waals surface area contributed by atoms with E-state index in [-0.39, 0.29) is 33.6 Å². The van der Waals surface area contributed by atoms with Crippen LogP contribution >= 0.6 is 0 Å². The molecule has 0 saturated heterocycles. The van der Waals surface area contributed by atoms with Crippen molar-refractivity contribution in [3.05, 3.63) is 59.8 Å². The molecule has 28 heavy (non-hydrogen) atoms. The van der Waals surface area contributed by atoms with Crippen LogP contribution < -0.4 is 10.1 Å². The van der Waals surface area contributed by atoms with Crippen LogP contribution in [0.3, 0.4) is 0 Å². The molecule has 0 fully saturated rings. The highest BCUT2D eigenvalue weighted by molar-refractivity contribution is 6.07. The van der Waals surface area contributed by atoms with Gasteiger partial charge in [-0.3, -0.25) is 4.79 Å². The Kier molecular flexibility index (Phi) is 4.78. The summed E-state index contributed by atoms with van der Waals surface area (Å²) in [6.07, 6.45) is -4.82. The maximum atomic E-state index is 12.3. The number of hydrogen-bond acceptors (Lipinski definition) is 5. The van der Waals surface area contributed by atoms with E-state index in [2.05, 4.69) is 15.0 Å². The second-order valence-electron chi connectivity index (χ2n) is 5.56. The predicted octanol–water partition coefficient (Wildman–Crippen LogP) is 3.79. The number of halogens is 3. The van der Waals surface area contributed by atoms with Crippen LogP contribution in [0.25, 0.3) is 10.9 Å².